The van der Waals surface area contributed by atoms with Crippen molar-refractivity contribution < 1.29 is 0 Å². The second kappa shape index (κ2) is 4.00. The van der Waals surface area contributed by atoms with Crippen molar-refractivity contribution in [1.82, 2.24) is 9.19 Å². The van der Waals surface area contributed by atoms with Gasteiger partial charge >= 0.3 is 0 Å². The number of hydrogen-bond donors (Lipinski definition) is 2. The third-order valence-electron chi connectivity index (χ3n) is 2.72. The quantitative estimate of drug-likeness (QED) is 0.855. The Balaban J connectivity index is 1.74. The summed E-state index contributed by atoms with van der Waals surface area (Å²) in [5.74, 6) is 1.05. The number of para-hydroxylation sites is 1. The van der Waals surface area contributed by atoms with Crippen molar-refractivity contribution in [3.8, 4) is 0 Å². The lowest BCUT2D eigenvalue weighted by molar-refractivity contribution is 0.996. The molecule has 88 valence electrons. The first-order valence-electron chi connectivity index (χ1n) is 5.55. The number of fused-ring (bicyclic) bond motifs is 1. The van der Waals surface area contributed by atoms with Gasteiger partial charge in [-0.05, 0) is 25.5 Å². The van der Waals surface area contributed by atoms with Crippen LogP contribution in [-0.2, 0) is 0 Å². The van der Waals surface area contributed by atoms with Crippen LogP contribution in [0.5, 0.6) is 0 Å². The third kappa shape index (κ3) is 1.98. The Morgan fingerprint density at radius 2 is 2.18 bits per heavy atom. The number of aryl methyl sites for hydroxylation is 2. The van der Waals surface area contributed by atoms with Gasteiger partial charge in [-0.15, -0.1) is 0 Å². The van der Waals surface area contributed by atoms with E-state index in [0.717, 1.165) is 17.2 Å². The zero-order chi connectivity index (χ0) is 11.8. The number of nitrogens with zero attached hydrogens (tertiary/aromatic N) is 2. The molecule has 1 aromatic carbocycles. The molecule has 3 rings (SSSR count). The lowest BCUT2D eigenvalue weighted by Gasteiger charge is -2.14. The molecule has 4 nitrogen and oxygen atoms in total. The molecule has 0 saturated heterocycles. The van der Waals surface area contributed by atoms with Crippen molar-refractivity contribution in [3.05, 3.63) is 41.6 Å². The molecule has 17 heavy (non-hydrogen) atoms. The minimum absolute atomic E-state index is 0.138. The van der Waals surface area contributed by atoms with E-state index in [4.69, 9.17) is 0 Å². The van der Waals surface area contributed by atoms with Crippen LogP contribution < -0.4 is 10.6 Å². The van der Waals surface area contributed by atoms with Gasteiger partial charge in [-0.25, -0.2) is 0 Å². The molecule has 1 aliphatic rings. The molecule has 0 radical (unpaired) electrons. The summed E-state index contributed by atoms with van der Waals surface area (Å²) in [7, 11) is 0. The number of benzene rings is 1. The van der Waals surface area contributed by atoms with Crippen molar-refractivity contribution in [1.29, 1.82) is 0 Å². The summed E-state index contributed by atoms with van der Waals surface area (Å²) in [4.78, 5) is 0. The van der Waals surface area contributed by atoms with Crippen molar-refractivity contribution in [2.45, 2.75) is 19.3 Å². The van der Waals surface area contributed by atoms with Crippen molar-refractivity contribution in [2.75, 3.05) is 10.6 Å². The highest BCUT2D eigenvalue weighted by Gasteiger charge is 2.22. The van der Waals surface area contributed by atoms with Gasteiger partial charge in [0.1, 0.15) is 5.82 Å². The van der Waals surface area contributed by atoms with E-state index in [2.05, 4.69) is 34.8 Å². The molecule has 1 unspecified atom stereocenters. The largest absolute Gasteiger partial charge is 0.355 e. The maximum absolute atomic E-state index is 4.38. The zero-order valence-corrected chi connectivity index (χ0v) is 10.6. The Morgan fingerprint density at radius 1 is 1.35 bits per heavy atom. The molecular formula is C12H14N4S. The molecule has 2 aromatic rings. The first-order valence-corrected chi connectivity index (χ1v) is 6.38. The minimum atomic E-state index is 0.138. The monoisotopic (exact) mass is 246 g/mol. The molecule has 5 heteroatoms. The maximum Gasteiger partial charge on any atom is 0.168 e. The molecule has 1 aliphatic heterocycles. The molecule has 0 fully saturated rings. The van der Waals surface area contributed by atoms with Crippen molar-refractivity contribution in [2.24, 2.45) is 0 Å². The van der Waals surface area contributed by atoms with E-state index in [1.165, 1.54) is 5.56 Å². The molecule has 0 spiro atoms. The van der Waals surface area contributed by atoms with Gasteiger partial charge in [0.15, 0.2) is 5.50 Å². The molecule has 2 heterocycles. The smallest absolute Gasteiger partial charge is 0.168 e. The summed E-state index contributed by atoms with van der Waals surface area (Å²) in [5, 5.41) is 11.2. The van der Waals surface area contributed by atoms with E-state index in [0.29, 0.717) is 0 Å². The topological polar surface area (TPSA) is 41.9 Å². The second-order valence-corrected chi connectivity index (χ2v) is 5.16. The number of rotatable bonds is 2. The number of nitrogens with one attached hydrogen (secondary N) is 2. The average Bonchev–Trinajstić information content (AvgIpc) is 2.78. The molecule has 0 aliphatic carbocycles. The number of anilines is 2. The van der Waals surface area contributed by atoms with Crippen molar-refractivity contribution in [3.63, 3.8) is 0 Å². The van der Waals surface area contributed by atoms with Crippen LogP contribution in [0.2, 0.25) is 0 Å². The lowest BCUT2D eigenvalue weighted by Crippen LogP contribution is -2.21. The zero-order valence-electron chi connectivity index (χ0n) is 9.77. The highest BCUT2D eigenvalue weighted by Crippen LogP contribution is 2.30. The van der Waals surface area contributed by atoms with Gasteiger partial charge in [-0.2, -0.15) is 9.19 Å². The maximum atomic E-state index is 4.38. The predicted octanol–water partition coefficient (Wildman–Crippen LogP) is 2.82. The van der Waals surface area contributed by atoms with Gasteiger partial charge in [0.05, 0.1) is 5.69 Å². The van der Waals surface area contributed by atoms with E-state index in [-0.39, 0.29) is 5.50 Å². The number of aromatic nitrogens is 2. The summed E-state index contributed by atoms with van der Waals surface area (Å²) in [5.41, 5.74) is 3.57. The molecular weight excluding hydrogens is 232 g/mol. The van der Waals surface area contributed by atoms with Gasteiger partial charge < -0.3 is 10.6 Å². The minimum Gasteiger partial charge on any atom is -0.355 e. The van der Waals surface area contributed by atoms with Gasteiger partial charge in [0.2, 0.25) is 0 Å². The van der Waals surface area contributed by atoms with Gasteiger partial charge in [-0.3, -0.25) is 0 Å². The van der Waals surface area contributed by atoms with E-state index in [1.54, 1.807) is 11.9 Å². The van der Waals surface area contributed by atoms with Crippen LogP contribution in [0, 0.1) is 13.8 Å². The Bertz CT molecular complexity index is 526. The molecule has 1 aromatic heterocycles. The summed E-state index contributed by atoms with van der Waals surface area (Å²) >= 11 is 1.64. The normalized spacial score (nSPS) is 17.6. The number of hydrogen-bond acceptors (Lipinski definition) is 4. The highest BCUT2D eigenvalue weighted by molar-refractivity contribution is 7.98. The molecule has 1 atom stereocenters. The Kier molecular flexibility index (Phi) is 2.48. The summed E-state index contributed by atoms with van der Waals surface area (Å²) in [6.45, 7) is 4.10. The molecule has 0 saturated carbocycles. The predicted molar refractivity (Wildman–Crippen MR) is 72.2 cm³/mol. The summed E-state index contributed by atoms with van der Waals surface area (Å²) in [6.07, 6.45) is 0. The van der Waals surface area contributed by atoms with Crippen LogP contribution in [0.3, 0.4) is 0 Å². The Hall–Kier alpha value is -1.62. The van der Waals surface area contributed by atoms with E-state index < -0.39 is 0 Å². The summed E-state index contributed by atoms with van der Waals surface area (Å²) < 4.78 is 1.92. The SMILES string of the molecule is Cc1cc2n(n1)SC(Nc1ccccc1C)N2. The van der Waals surface area contributed by atoms with E-state index in [1.807, 2.05) is 29.2 Å². The lowest BCUT2D eigenvalue weighted by atomic mass is 10.2. The Morgan fingerprint density at radius 3 is 2.94 bits per heavy atom. The standard InChI is InChI=1S/C12H14N4S/c1-8-5-3-4-6-10(8)13-12-14-11-7-9(2)15-16(11)17-12/h3-7,12-14H,1-2H3. The fraction of sp³-hybridized carbons (Fsp3) is 0.250. The first kappa shape index (κ1) is 10.5. The Labute approximate surface area is 105 Å². The van der Waals surface area contributed by atoms with Crippen LogP contribution in [0.4, 0.5) is 11.5 Å². The second-order valence-electron chi connectivity index (χ2n) is 4.13. The van der Waals surface area contributed by atoms with Crippen LogP contribution in [0.25, 0.3) is 0 Å². The van der Waals surface area contributed by atoms with E-state index >= 15 is 0 Å². The van der Waals surface area contributed by atoms with Crippen LogP contribution >= 0.6 is 11.9 Å². The van der Waals surface area contributed by atoms with Crippen LogP contribution in [0.1, 0.15) is 11.3 Å². The molecule has 2 N–H and O–H groups in total. The molecule has 0 amide bonds. The first-order chi connectivity index (χ1) is 8.22. The van der Waals surface area contributed by atoms with Gasteiger partial charge in [0, 0.05) is 23.7 Å². The highest BCUT2D eigenvalue weighted by atomic mass is 32.2. The third-order valence-corrected chi connectivity index (χ3v) is 3.64. The summed E-state index contributed by atoms with van der Waals surface area (Å²) in [6, 6.07) is 10.3. The van der Waals surface area contributed by atoms with Gasteiger partial charge in [0.25, 0.3) is 0 Å². The van der Waals surface area contributed by atoms with Crippen LogP contribution in [-0.4, -0.2) is 14.7 Å². The van der Waals surface area contributed by atoms with Gasteiger partial charge in [-0.1, -0.05) is 18.2 Å². The molecule has 0 bridgehead atoms. The van der Waals surface area contributed by atoms with E-state index in [9.17, 15) is 0 Å². The van der Waals surface area contributed by atoms with Crippen molar-refractivity contribution >= 4 is 23.5 Å². The average molecular weight is 246 g/mol. The van der Waals surface area contributed by atoms with Crippen LogP contribution in [0.15, 0.2) is 30.3 Å². The fourth-order valence-electron chi connectivity index (χ4n) is 1.86. The fourth-order valence-corrected chi connectivity index (χ4v) is 2.80.